The van der Waals surface area contributed by atoms with Crippen molar-refractivity contribution in [3.63, 3.8) is 0 Å². The number of rotatable bonds is 5. The van der Waals surface area contributed by atoms with Crippen LogP contribution in [0.25, 0.3) is 0 Å². The van der Waals surface area contributed by atoms with E-state index in [0.29, 0.717) is 32.0 Å². The summed E-state index contributed by atoms with van der Waals surface area (Å²) < 4.78 is 0. The van der Waals surface area contributed by atoms with Gasteiger partial charge in [-0.15, -0.1) is 0 Å². The van der Waals surface area contributed by atoms with Gasteiger partial charge in [-0.05, 0) is 37.3 Å². The molecule has 0 spiro atoms. The zero-order chi connectivity index (χ0) is 18.4. The Balaban J connectivity index is 1.50. The number of carbonyl (C=O) groups is 2. The van der Waals surface area contributed by atoms with Crippen molar-refractivity contribution >= 4 is 23.4 Å². The van der Waals surface area contributed by atoms with Crippen LogP contribution in [0.1, 0.15) is 56.9 Å². The number of likely N-dealkylation sites (tertiary alicyclic amines) is 1. The van der Waals surface area contributed by atoms with Crippen LogP contribution in [0.3, 0.4) is 0 Å². The van der Waals surface area contributed by atoms with Gasteiger partial charge < -0.3 is 10.2 Å². The second kappa shape index (κ2) is 9.40. The molecule has 1 aliphatic heterocycles. The van der Waals surface area contributed by atoms with E-state index in [1.807, 2.05) is 29.2 Å². The van der Waals surface area contributed by atoms with Crippen molar-refractivity contribution in [1.29, 1.82) is 0 Å². The van der Waals surface area contributed by atoms with Crippen LogP contribution in [0.15, 0.2) is 24.3 Å². The predicted octanol–water partition coefficient (Wildman–Crippen LogP) is 3.96. The van der Waals surface area contributed by atoms with E-state index in [0.717, 1.165) is 29.8 Å². The van der Waals surface area contributed by atoms with Crippen LogP contribution in [0.5, 0.6) is 0 Å². The fourth-order valence-corrected chi connectivity index (χ4v) is 4.40. The normalized spacial score (nSPS) is 22.1. The molecule has 2 aliphatic rings. The van der Waals surface area contributed by atoms with Gasteiger partial charge in [-0.3, -0.25) is 9.59 Å². The Morgan fingerprint density at radius 1 is 1.12 bits per heavy atom. The number of nitrogens with zero attached hydrogens (tertiary/aromatic N) is 1. The average molecular weight is 377 g/mol. The maximum absolute atomic E-state index is 12.6. The van der Waals surface area contributed by atoms with Crippen molar-refractivity contribution in [2.24, 2.45) is 5.92 Å². The first-order valence-electron chi connectivity index (χ1n) is 9.95. The van der Waals surface area contributed by atoms with Gasteiger partial charge in [-0.1, -0.05) is 55.5 Å². The smallest absolute Gasteiger partial charge is 0.224 e. The maximum atomic E-state index is 12.6. The molecule has 2 amide bonds. The van der Waals surface area contributed by atoms with Crippen LogP contribution in [0.4, 0.5) is 0 Å². The minimum atomic E-state index is -0.0813. The van der Waals surface area contributed by atoms with E-state index in [1.54, 1.807) is 0 Å². The molecule has 1 atom stereocenters. The maximum Gasteiger partial charge on any atom is 0.224 e. The number of hydrogen-bond acceptors (Lipinski definition) is 2. The van der Waals surface area contributed by atoms with E-state index >= 15 is 0 Å². The minimum absolute atomic E-state index is 0.0724. The highest BCUT2D eigenvalue weighted by Crippen LogP contribution is 2.27. The van der Waals surface area contributed by atoms with Gasteiger partial charge in [0.05, 0.1) is 5.92 Å². The molecule has 1 heterocycles. The molecule has 0 unspecified atom stereocenters. The number of carbonyl (C=O) groups excluding carboxylic acids is 2. The van der Waals surface area contributed by atoms with E-state index < -0.39 is 0 Å². The fraction of sp³-hybridized carbons (Fsp3) is 0.619. The molecule has 1 aromatic rings. The summed E-state index contributed by atoms with van der Waals surface area (Å²) in [5, 5.41) is 3.78. The van der Waals surface area contributed by atoms with Gasteiger partial charge in [0, 0.05) is 30.6 Å². The molecule has 142 valence electrons. The summed E-state index contributed by atoms with van der Waals surface area (Å²) in [6, 6.07) is 8.06. The van der Waals surface area contributed by atoms with Crippen molar-refractivity contribution < 1.29 is 9.59 Å². The Hall–Kier alpha value is -1.55. The summed E-state index contributed by atoms with van der Waals surface area (Å²) in [4.78, 5) is 27.0. The SMILES string of the molecule is O=C(NCCc1ccccc1Cl)[C@@H]1CCC(=O)N(C2CCCCCC2)C1. The standard InChI is InChI=1S/C21H29ClN2O2/c22-19-10-6-5-7-16(19)13-14-23-21(26)17-11-12-20(25)24(15-17)18-8-3-1-2-4-9-18/h5-7,10,17-18H,1-4,8-9,11-15H2,(H,23,26)/t17-/m1/s1. The zero-order valence-electron chi connectivity index (χ0n) is 15.4. The van der Waals surface area contributed by atoms with Crippen molar-refractivity contribution in [2.75, 3.05) is 13.1 Å². The molecule has 1 N–H and O–H groups in total. The van der Waals surface area contributed by atoms with Gasteiger partial charge in [0.25, 0.3) is 0 Å². The Morgan fingerprint density at radius 2 is 1.85 bits per heavy atom. The molecule has 0 aromatic heterocycles. The number of benzene rings is 1. The lowest BCUT2D eigenvalue weighted by atomic mass is 9.93. The van der Waals surface area contributed by atoms with Crippen LogP contribution in [-0.4, -0.2) is 35.8 Å². The minimum Gasteiger partial charge on any atom is -0.355 e. The molecule has 2 fully saturated rings. The molecule has 1 aliphatic carbocycles. The van der Waals surface area contributed by atoms with E-state index in [1.165, 1.54) is 25.7 Å². The molecule has 4 nitrogen and oxygen atoms in total. The van der Waals surface area contributed by atoms with Gasteiger partial charge in [-0.25, -0.2) is 0 Å². The van der Waals surface area contributed by atoms with Crippen LogP contribution in [0, 0.1) is 5.92 Å². The number of nitrogens with one attached hydrogen (secondary N) is 1. The first-order chi connectivity index (χ1) is 12.6. The van der Waals surface area contributed by atoms with Gasteiger partial charge in [0.1, 0.15) is 0 Å². The third-order valence-corrected chi connectivity index (χ3v) is 6.10. The third kappa shape index (κ3) is 5.00. The number of halogens is 1. The quantitative estimate of drug-likeness (QED) is 0.791. The second-order valence-electron chi connectivity index (χ2n) is 7.56. The third-order valence-electron chi connectivity index (χ3n) is 5.73. The highest BCUT2D eigenvalue weighted by molar-refractivity contribution is 6.31. The van der Waals surface area contributed by atoms with Gasteiger partial charge >= 0.3 is 0 Å². The zero-order valence-corrected chi connectivity index (χ0v) is 16.1. The molecule has 5 heteroatoms. The molecule has 3 rings (SSSR count). The lowest BCUT2D eigenvalue weighted by Crippen LogP contribution is -2.50. The predicted molar refractivity (Wildman–Crippen MR) is 104 cm³/mol. The second-order valence-corrected chi connectivity index (χ2v) is 7.97. The van der Waals surface area contributed by atoms with Crippen molar-refractivity contribution in [1.82, 2.24) is 10.2 Å². The van der Waals surface area contributed by atoms with Gasteiger partial charge in [0.2, 0.25) is 11.8 Å². The molecule has 0 bridgehead atoms. The van der Waals surface area contributed by atoms with Crippen molar-refractivity contribution in [2.45, 2.75) is 63.8 Å². The topological polar surface area (TPSA) is 49.4 Å². The monoisotopic (exact) mass is 376 g/mol. The molecular formula is C21H29ClN2O2. The molecule has 1 aromatic carbocycles. The summed E-state index contributed by atoms with van der Waals surface area (Å²) in [7, 11) is 0. The summed E-state index contributed by atoms with van der Waals surface area (Å²) in [6.45, 7) is 1.16. The van der Waals surface area contributed by atoms with E-state index in [-0.39, 0.29) is 17.7 Å². The van der Waals surface area contributed by atoms with Crippen LogP contribution in [-0.2, 0) is 16.0 Å². The Bertz CT molecular complexity index is 626. The molecule has 26 heavy (non-hydrogen) atoms. The highest BCUT2D eigenvalue weighted by atomic mass is 35.5. The molecular weight excluding hydrogens is 348 g/mol. The molecule has 0 radical (unpaired) electrons. The largest absolute Gasteiger partial charge is 0.355 e. The first-order valence-corrected chi connectivity index (χ1v) is 10.3. The lowest BCUT2D eigenvalue weighted by Gasteiger charge is -2.37. The summed E-state index contributed by atoms with van der Waals surface area (Å²) >= 11 is 6.17. The highest BCUT2D eigenvalue weighted by Gasteiger charge is 2.34. The Morgan fingerprint density at radius 3 is 2.58 bits per heavy atom. The summed E-state index contributed by atoms with van der Waals surface area (Å²) in [5.74, 6) is 0.224. The van der Waals surface area contributed by atoms with Crippen molar-refractivity contribution in [3.05, 3.63) is 34.9 Å². The number of piperidine rings is 1. The van der Waals surface area contributed by atoms with Crippen LogP contribution >= 0.6 is 11.6 Å². The summed E-state index contributed by atoms with van der Waals surface area (Å²) in [5.41, 5.74) is 1.05. The molecule has 1 saturated heterocycles. The fourth-order valence-electron chi connectivity index (χ4n) is 4.17. The van der Waals surface area contributed by atoms with E-state index in [9.17, 15) is 9.59 Å². The summed E-state index contributed by atoms with van der Waals surface area (Å²) in [6.07, 6.45) is 9.00. The van der Waals surface area contributed by atoms with E-state index in [4.69, 9.17) is 11.6 Å². The lowest BCUT2D eigenvalue weighted by molar-refractivity contribution is -0.141. The Kier molecular flexibility index (Phi) is 6.95. The van der Waals surface area contributed by atoms with Crippen molar-refractivity contribution in [3.8, 4) is 0 Å². The van der Waals surface area contributed by atoms with Crippen LogP contribution in [0.2, 0.25) is 5.02 Å². The van der Waals surface area contributed by atoms with E-state index in [2.05, 4.69) is 5.32 Å². The van der Waals surface area contributed by atoms with Gasteiger partial charge in [0.15, 0.2) is 0 Å². The first kappa shape index (κ1) is 19.2. The number of hydrogen-bond donors (Lipinski definition) is 1. The average Bonchev–Trinajstić information content (AvgIpc) is 2.93. The Labute approximate surface area is 161 Å². The van der Waals surface area contributed by atoms with Gasteiger partial charge in [-0.2, -0.15) is 0 Å². The molecule has 1 saturated carbocycles. The number of amides is 2. The van der Waals surface area contributed by atoms with Crippen LogP contribution < -0.4 is 5.32 Å².